The van der Waals surface area contributed by atoms with Gasteiger partial charge in [-0.1, -0.05) is 30.3 Å². The highest BCUT2D eigenvalue weighted by Crippen LogP contribution is 2.32. The summed E-state index contributed by atoms with van der Waals surface area (Å²) < 4.78 is 11.8. The molecule has 0 fully saturated rings. The number of benzene rings is 2. The highest BCUT2D eigenvalue weighted by atomic mass is 16.5. The molecule has 0 radical (unpaired) electrons. The molecule has 0 spiro atoms. The van der Waals surface area contributed by atoms with Crippen LogP contribution in [0.3, 0.4) is 0 Å². The molecule has 1 N–H and O–H groups in total. The highest BCUT2D eigenvalue weighted by Gasteiger charge is 2.38. The van der Waals surface area contributed by atoms with Gasteiger partial charge in [-0.3, -0.25) is 14.4 Å². The Labute approximate surface area is 302 Å². The van der Waals surface area contributed by atoms with E-state index in [1.807, 2.05) is 24.3 Å². The van der Waals surface area contributed by atoms with Gasteiger partial charge in [-0.25, -0.2) is 4.68 Å². The number of nitrogens with one attached hydrogen (secondary N) is 1. The number of anilines is 2. The fourth-order valence-electron chi connectivity index (χ4n) is 4.87. The third-order valence-electron chi connectivity index (χ3n) is 7.21. The summed E-state index contributed by atoms with van der Waals surface area (Å²) in [5.41, 5.74) is 3.54. The first-order valence-electron chi connectivity index (χ1n) is 15.4. The van der Waals surface area contributed by atoms with E-state index in [-0.39, 0.29) is 17.9 Å². The van der Waals surface area contributed by atoms with Crippen molar-refractivity contribution in [3.05, 3.63) is 71.0 Å². The first kappa shape index (κ1) is 36.7. The molecule has 1 aromatic heterocycles. The van der Waals surface area contributed by atoms with Crippen LogP contribution < -0.4 is 15.0 Å². The number of hydrogen-bond acceptors (Lipinski definition) is 6. The third kappa shape index (κ3) is 9.96. The van der Waals surface area contributed by atoms with E-state index >= 15 is 0 Å². The van der Waals surface area contributed by atoms with Gasteiger partial charge in [0.15, 0.2) is 5.75 Å². The molecule has 3 aromatic rings. The highest BCUT2D eigenvalue weighted by molar-refractivity contribution is 6.14. The normalized spacial score (nSPS) is 10.2. The van der Waals surface area contributed by atoms with E-state index in [9.17, 15) is 14.4 Å². The Kier molecular flexibility index (Phi) is 13.4. The molecule has 9 heteroatoms. The van der Waals surface area contributed by atoms with Gasteiger partial charge in [0.05, 0.1) is 24.9 Å². The Morgan fingerprint density at radius 2 is 1.40 bits per heavy atom. The van der Waals surface area contributed by atoms with Crippen molar-refractivity contribution >= 4 is 29.2 Å². The molecular formula is C43H26N4O5. The summed E-state index contributed by atoms with van der Waals surface area (Å²) in [6, 6.07) is 12.7. The quantitative estimate of drug-likeness (QED) is 0.234. The molecule has 0 aliphatic carbocycles. The van der Waals surface area contributed by atoms with Gasteiger partial charge >= 0.3 is 5.97 Å². The number of nitrogens with zero attached hydrogens (tertiary/aromatic N) is 3. The summed E-state index contributed by atoms with van der Waals surface area (Å²) in [5.74, 6) is 38.0. The Morgan fingerprint density at radius 1 is 0.827 bits per heavy atom. The maximum absolute atomic E-state index is 14.2. The number of methoxy groups -OCH3 is 1. The Bertz CT molecular complexity index is 2490. The average Bonchev–Trinajstić information content (AvgIpc) is 3.70. The lowest BCUT2D eigenvalue weighted by molar-refractivity contribution is -0.139. The van der Waals surface area contributed by atoms with Crippen molar-refractivity contribution in [1.29, 1.82) is 0 Å². The summed E-state index contributed by atoms with van der Waals surface area (Å²) >= 11 is 0. The fraction of sp³-hybridized carbons (Fsp3) is 0.163. The molecule has 1 atom stereocenters. The molecule has 248 valence electrons. The second-order valence-corrected chi connectivity index (χ2v) is 10.3. The summed E-state index contributed by atoms with van der Waals surface area (Å²) in [6.45, 7) is 3.81. The Balaban J connectivity index is 1.50. The average molecular weight is 679 g/mol. The van der Waals surface area contributed by atoms with Gasteiger partial charge in [-0.2, -0.15) is 5.10 Å². The fourth-order valence-corrected chi connectivity index (χ4v) is 4.87. The molecule has 4 rings (SSSR count). The minimum atomic E-state index is -1.42. The molecule has 52 heavy (non-hydrogen) atoms. The van der Waals surface area contributed by atoms with Crippen LogP contribution in [0.15, 0.2) is 48.5 Å². The number of aromatic nitrogens is 2. The van der Waals surface area contributed by atoms with Crippen molar-refractivity contribution in [2.75, 3.05) is 23.9 Å². The Morgan fingerprint density at radius 3 is 2.04 bits per heavy atom. The van der Waals surface area contributed by atoms with E-state index in [4.69, 9.17) is 15.9 Å². The first-order chi connectivity index (χ1) is 25.3. The number of aryl methyl sites for hydroxylation is 1. The van der Waals surface area contributed by atoms with Crippen molar-refractivity contribution in [2.24, 2.45) is 0 Å². The van der Waals surface area contributed by atoms with Crippen molar-refractivity contribution < 1.29 is 23.9 Å². The van der Waals surface area contributed by atoms with Crippen LogP contribution >= 0.6 is 0 Å². The number of terminal acetylenes is 1. The summed E-state index contributed by atoms with van der Waals surface area (Å²) in [4.78, 5) is 42.0. The van der Waals surface area contributed by atoms with Crippen molar-refractivity contribution in [3.8, 4) is 113 Å². The van der Waals surface area contributed by atoms with E-state index in [0.717, 1.165) is 11.3 Å². The molecule has 9 nitrogen and oxygen atoms in total. The minimum Gasteiger partial charge on any atom is -0.469 e. The summed E-state index contributed by atoms with van der Waals surface area (Å²) in [7, 11) is 1.29. The predicted molar refractivity (Wildman–Crippen MR) is 196 cm³/mol. The number of ether oxygens (including phenoxy) is 2. The van der Waals surface area contributed by atoms with Gasteiger partial charge in [0.1, 0.15) is 6.11 Å². The third-order valence-corrected chi connectivity index (χ3v) is 7.21. The molecule has 0 saturated heterocycles. The van der Waals surface area contributed by atoms with E-state index in [1.54, 1.807) is 43.0 Å². The zero-order valence-electron chi connectivity index (χ0n) is 28.3. The van der Waals surface area contributed by atoms with E-state index in [0.29, 0.717) is 29.9 Å². The van der Waals surface area contributed by atoms with Gasteiger partial charge in [-0.15, -0.1) is 6.42 Å². The molecule has 0 bridgehead atoms. The van der Waals surface area contributed by atoms with Crippen LogP contribution in [0.1, 0.15) is 28.6 Å². The smallest absolute Gasteiger partial charge is 0.310 e. The molecule has 1 aliphatic rings. The lowest BCUT2D eigenvalue weighted by Crippen LogP contribution is -2.43. The zero-order valence-corrected chi connectivity index (χ0v) is 28.3. The van der Waals surface area contributed by atoms with Crippen LogP contribution in [0.25, 0.3) is 0 Å². The van der Waals surface area contributed by atoms with Crippen LogP contribution in [0.5, 0.6) is 5.75 Å². The van der Waals surface area contributed by atoms with Crippen LogP contribution in [0.2, 0.25) is 0 Å². The van der Waals surface area contributed by atoms with Gasteiger partial charge in [-0.05, 0) is 91.4 Å². The second kappa shape index (κ2) is 19.0. The largest absolute Gasteiger partial charge is 0.469 e. The van der Waals surface area contributed by atoms with Crippen LogP contribution in [-0.2, 0) is 32.0 Å². The van der Waals surface area contributed by atoms with Crippen molar-refractivity contribution in [1.82, 2.24) is 9.78 Å². The standard InChI is InChI=1S/C43H26N4O5/c1-5-6-7-8-9-10-11-12-13-14-15-16-17-18-19-24-31-52-39-28-23-21-26-37(39)44-42(49)41(43(50)46-30-29-35-25-20-22-27-38(35)46)47-34(3)36(33(2)45-47)32-40(48)51-4/h1,20-23,25-28,41H,29-30,32H2,2-4H3,(H,44,49). The Hall–Kier alpha value is -8.10. The number of carbonyl (C=O) groups is 3. The summed E-state index contributed by atoms with van der Waals surface area (Å²) in [6.07, 6.45) is 8.02. The van der Waals surface area contributed by atoms with Crippen LogP contribution in [-0.4, -0.2) is 41.2 Å². The van der Waals surface area contributed by atoms with Crippen molar-refractivity contribution in [2.45, 2.75) is 32.7 Å². The molecule has 1 aliphatic heterocycles. The molecule has 0 saturated carbocycles. The molecule has 2 heterocycles. The maximum atomic E-state index is 14.2. The number of para-hydroxylation sites is 3. The van der Waals surface area contributed by atoms with E-state index in [2.05, 4.69) is 111 Å². The number of rotatable bonds is 7. The predicted octanol–water partition coefficient (Wildman–Crippen LogP) is 2.98. The monoisotopic (exact) mass is 678 g/mol. The maximum Gasteiger partial charge on any atom is 0.310 e. The SMILES string of the molecule is C#CC#CC#CC#CC#CC#CC#CC#CC#COc1ccccc1NC(=O)C(C(=O)N1CCc2ccccc21)n1nc(C)c(CC(=O)OC)c1C. The van der Waals surface area contributed by atoms with E-state index < -0.39 is 23.8 Å². The molecular weight excluding hydrogens is 652 g/mol. The topological polar surface area (TPSA) is 103 Å². The number of esters is 1. The number of amides is 2. The molecule has 2 aromatic carbocycles. The number of fused-ring (bicyclic) bond motifs is 1. The van der Waals surface area contributed by atoms with E-state index in [1.165, 1.54) is 11.8 Å². The van der Waals surface area contributed by atoms with Crippen LogP contribution in [0, 0.1) is 121 Å². The first-order valence-corrected chi connectivity index (χ1v) is 15.4. The van der Waals surface area contributed by atoms with Gasteiger partial charge < -0.3 is 19.7 Å². The van der Waals surface area contributed by atoms with Gasteiger partial charge in [0, 0.05) is 70.9 Å². The molecule has 2 amide bonds. The molecule has 1 unspecified atom stereocenters. The summed E-state index contributed by atoms with van der Waals surface area (Å²) in [5, 5.41) is 7.36. The van der Waals surface area contributed by atoms with Crippen molar-refractivity contribution in [3.63, 3.8) is 0 Å². The van der Waals surface area contributed by atoms with Gasteiger partial charge in [0.25, 0.3) is 11.8 Å². The minimum absolute atomic E-state index is 0.0621. The lowest BCUT2D eigenvalue weighted by atomic mass is 10.1. The lowest BCUT2D eigenvalue weighted by Gasteiger charge is -2.25. The van der Waals surface area contributed by atoms with Crippen LogP contribution in [0.4, 0.5) is 11.4 Å². The number of carbonyl (C=O) groups excluding carboxylic acids is 3. The number of hydrogen-bond donors (Lipinski definition) is 1. The second-order valence-electron chi connectivity index (χ2n) is 10.3. The zero-order chi connectivity index (χ0) is 37.1. The van der Waals surface area contributed by atoms with Gasteiger partial charge in [0.2, 0.25) is 6.04 Å².